The van der Waals surface area contributed by atoms with E-state index in [2.05, 4.69) is 21.2 Å². The number of nitrogens with one attached hydrogen (secondary N) is 1. The van der Waals surface area contributed by atoms with Gasteiger partial charge in [0.25, 0.3) is 0 Å². The van der Waals surface area contributed by atoms with Gasteiger partial charge in [0, 0.05) is 17.6 Å². The highest BCUT2D eigenvalue weighted by molar-refractivity contribution is 9.10. The summed E-state index contributed by atoms with van der Waals surface area (Å²) in [5.41, 5.74) is 1.14. The SMILES string of the molecule is C[C@@H](CNC(=O)[C@H]1CCCCN1S(=O)(=O)c1ccc(Br)cc1)c1ccccc1. The van der Waals surface area contributed by atoms with E-state index in [1.54, 1.807) is 24.3 Å². The van der Waals surface area contributed by atoms with Crippen molar-refractivity contribution in [3.05, 3.63) is 64.6 Å². The van der Waals surface area contributed by atoms with E-state index in [9.17, 15) is 13.2 Å². The van der Waals surface area contributed by atoms with Crippen LogP contribution in [0.4, 0.5) is 0 Å². The van der Waals surface area contributed by atoms with Crippen molar-refractivity contribution in [3.63, 3.8) is 0 Å². The fourth-order valence-corrected chi connectivity index (χ4v) is 5.39. The minimum Gasteiger partial charge on any atom is -0.354 e. The summed E-state index contributed by atoms with van der Waals surface area (Å²) < 4.78 is 28.4. The zero-order chi connectivity index (χ0) is 20.1. The van der Waals surface area contributed by atoms with Gasteiger partial charge in [0.15, 0.2) is 0 Å². The van der Waals surface area contributed by atoms with Crippen LogP contribution in [-0.2, 0) is 14.8 Å². The minimum atomic E-state index is -3.71. The molecule has 1 aliphatic heterocycles. The molecule has 1 fully saturated rings. The molecule has 0 aliphatic carbocycles. The number of rotatable bonds is 6. The van der Waals surface area contributed by atoms with Crippen molar-refractivity contribution in [2.24, 2.45) is 0 Å². The molecule has 1 saturated heterocycles. The lowest BCUT2D eigenvalue weighted by Crippen LogP contribution is -2.52. The van der Waals surface area contributed by atoms with E-state index >= 15 is 0 Å². The Hall–Kier alpha value is -1.70. The summed E-state index contributed by atoms with van der Waals surface area (Å²) >= 11 is 3.32. The molecule has 7 heteroatoms. The smallest absolute Gasteiger partial charge is 0.243 e. The number of amides is 1. The van der Waals surface area contributed by atoms with Gasteiger partial charge < -0.3 is 5.32 Å². The Labute approximate surface area is 175 Å². The van der Waals surface area contributed by atoms with Gasteiger partial charge in [-0.15, -0.1) is 0 Å². The highest BCUT2D eigenvalue weighted by Crippen LogP contribution is 2.26. The van der Waals surface area contributed by atoms with E-state index in [4.69, 9.17) is 0 Å². The van der Waals surface area contributed by atoms with Crippen LogP contribution in [0.1, 0.15) is 37.7 Å². The molecule has 0 unspecified atom stereocenters. The highest BCUT2D eigenvalue weighted by Gasteiger charge is 2.37. The Morgan fingerprint density at radius 1 is 1.14 bits per heavy atom. The van der Waals surface area contributed by atoms with E-state index in [-0.39, 0.29) is 16.7 Å². The van der Waals surface area contributed by atoms with Gasteiger partial charge in [0.05, 0.1) is 4.90 Å². The highest BCUT2D eigenvalue weighted by atomic mass is 79.9. The number of halogens is 1. The third-order valence-electron chi connectivity index (χ3n) is 5.13. The number of hydrogen-bond acceptors (Lipinski definition) is 3. The molecule has 5 nitrogen and oxygen atoms in total. The number of nitrogens with zero attached hydrogens (tertiary/aromatic N) is 1. The lowest BCUT2D eigenvalue weighted by molar-refractivity contribution is -0.125. The first kappa shape index (κ1) is 21.0. The van der Waals surface area contributed by atoms with E-state index < -0.39 is 16.1 Å². The maximum Gasteiger partial charge on any atom is 0.243 e. The lowest BCUT2D eigenvalue weighted by Gasteiger charge is -2.34. The summed E-state index contributed by atoms with van der Waals surface area (Å²) in [6.45, 7) is 2.89. The Morgan fingerprint density at radius 3 is 2.50 bits per heavy atom. The van der Waals surface area contributed by atoms with Crippen LogP contribution in [-0.4, -0.2) is 37.8 Å². The van der Waals surface area contributed by atoms with Crippen LogP contribution in [0.25, 0.3) is 0 Å². The van der Waals surface area contributed by atoms with Gasteiger partial charge in [-0.25, -0.2) is 8.42 Å². The van der Waals surface area contributed by atoms with Gasteiger partial charge in [-0.3, -0.25) is 4.79 Å². The minimum absolute atomic E-state index is 0.158. The molecule has 1 aliphatic rings. The standard InChI is InChI=1S/C21H25BrN2O3S/c1-16(17-7-3-2-4-8-17)15-23-21(25)20-9-5-6-14-24(20)28(26,27)19-12-10-18(22)11-13-19/h2-4,7-8,10-13,16,20H,5-6,9,14-15H2,1H3,(H,23,25)/t16-,20+/m0/s1. The first-order valence-electron chi connectivity index (χ1n) is 9.49. The van der Waals surface area contributed by atoms with Crippen molar-refractivity contribution in [2.45, 2.75) is 43.0 Å². The zero-order valence-corrected chi connectivity index (χ0v) is 18.2. The van der Waals surface area contributed by atoms with E-state index in [1.807, 2.05) is 37.3 Å². The van der Waals surface area contributed by atoms with Crippen molar-refractivity contribution < 1.29 is 13.2 Å². The molecule has 2 aromatic carbocycles. The molecule has 2 atom stereocenters. The van der Waals surface area contributed by atoms with Gasteiger partial charge >= 0.3 is 0 Å². The average Bonchev–Trinajstić information content (AvgIpc) is 2.72. The van der Waals surface area contributed by atoms with Crippen molar-refractivity contribution in [1.82, 2.24) is 9.62 Å². The number of sulfonamides is 1. The molecule has 28 heavy (non-hydrogen) atoms. The summed E-state index contributed by atoms with van der Waals surface area (Å²) in [5.74, 6) is -0.0616. The Kier molecular flexibility index (Phi) is 6.91. The fourth-order valence-electron chi connectivity index (χ4n) is 3.47. The van der Waals surface area contributed by atoms with Gasteiger partial charge in [-0.1, -0.05) is 59.6 Å². The number of carbonyl (C=O) groups is 1. The topological polar surface area (TPSA) is 66.5 Å². The molecular weight excluding hydrogens is 440 g/mol. The molecule has 1 N–H and O–H groups in total. The predicted molar refractivity (Wildman–Crippen MR) is 114 cm³/mol. The zero-order valence-electron chi connectivity index (χ0n) is 15.8. The van der Waals surface area contributed by atoms with Crippen molar-refractivity contribution in [1.29, 1.82) is 0 Å². The van der Waals surface area contributed by atoms with Crippen LogP contribution in [0.5, 0.6) is 0 Å². The number of benzene rings is 2. The Morgan fingerprint density at radius 2 is 1.82 bits per heavy atom. The van der Waals surface area contributed by atoms with Crippen LogP contribution >= 0.6 is 15.9 Å². The Balaban J connectivity index is 1.72. The van der Waals surface area contributed by atoms with Crippen molar-refractivity contribution in [3.8, 4) is 0 Å². The largest absolute Gasteiger partial charge is 0.354 e. The number of carbonyl (C=O) groups excluding carboxylic acids is 1. The first-order valence-corrected chi connectivity index (χ1v) is 11.7. The summed E-state index contributed by atoms with van der Waals surface area (Å²) in [4.78, 5) is 13.1. The number of piperidine rings is 1. The van der Waals surface area contributed by atoms with E-state index in [0.717, 1.165) is 22.9 Å². The first-order chi connectivity index (χ1) is 13.4. The molecule has 150 valence electrons. The van der Waals surface area contributed by atoms with Crippen LogP contribution < -0.4 is 5.32 Å². The molecule has 0 aromatic heterocycles. The lowest BCUT2D eigenvalue weighted by atomic mass is 10.0. The summed E-state index contributed by atoms with van der Waals surface area (Å²) in [5, 5.41) is 2.96. The molecule has 0 radical (unpaired) electrons. The summed E-state index contributed by atoms with van der Waals surface area (Å²) in [7, 11) is -3.71. The molecule has 0 bridgehead atoms. The molecular formula is C21H25BrN2O3S. The molecule has 3 rings (SSSR count). The molecule has 1 heterocycles. The van der Waals surface area contributed by atoms with Gasteiger partial charge in [0.1, 0.15) is 6.04 Å². The summed E-state index contributed by atoms with van der Waals surface area (Å²) in [6.07, 6.45) is 2.15. The van der Waals surface area contributed by atoms with Gasteiger partial charge in [-0.05, 0) is 48.6 Å². The monoisotopic (exact) mass is 464 g/mol. The molecule has 1 amide bonds. The van der Waals surface area contributed by atoms with Crippen molar-refractivity contribution >= 4 is 31.9 Å². The molecule has 2 aromatic rings. The van der Waals surface area contributed by atoms with Crippen LogP contribution in [0.3, 0.4) is 0 Å². The van der Waals surface area contributed by atoms with Crippen LogP contribution in [0.2, 0.25) is 0 Å². The van der Waals surface area contributed by atoms with Crippen molar-refractivity contribution in [2.75, 3.05) is 13.1 Å². The number of hydrogen-bond donors (Lipinski definition) is 1. The normalized spacial score (nSPS) is 19.1. The van der Waals surface area contributed by atoms with Gasteiger partial charge in [0.2, 0.25) is 15.9 Å². The van der Waals surface area contributed by atoms with E-state index in [0.29, 0.717) is 19.5 Å². The molecule has 0 saturated carbocycles. The average molecular weight is 465 g/mol. The van der Waals surface area contributed by atoms with E-state index in [1.165, 1.54) is 4.31 Å². The summed E-state index contributed by atoms with van der Waals surface area (Å²) in [6, 6.07) is 15.8. The van der Waals surface area contributed by atoms with Crippen LogP contribution in [0, 0.1) is 0 Å². The predicted octanol–water partition coefficient (Wildman–Crippen LogP) is 3.91. The maximum atomic E-state index is 13.1. The third kappa shape index (κ3) is 4.82. The quantitative estimate of drug-likeness (QED) is 0.704. The second kappa shape index (κ2) is 9.20. The van der Waals surface area contributed by atoms with Gasteiger partial charge in [-0.2, -0.15) is 4.31 Å². The second-order valence-electron chi connectivity index (χ2n) is 7.14. The second-order valence-corrected chi connectivity index (χ2v) is 9.94. The third-order valence-corrected chi connectivity index (χ3v) is 7.58. The fraction of sp³-hybridized carbons (Fsp3) is 0.381. The Bertz CT molecular complexity index is 901. The molecule has 0 spiro atoms. The van der Waals surface area contributed by atoms with Crippen LogP contribution in [0.15, 0.2) is 64.0 Å². The maximum absolute atomic E-state index is 13.1.